The van der Waals surface area contributed by atoms with Gasteiger partial charge in [-0.2, -0.15) is 0 Å². The van der Waals surface area contributed by atoms with Crippen molar-refractivity contribution in [1.82, 2.24) is 10.5 Å². The highest BCUT2D eigenvalue weighted by Gasteiger charge is 2.23. The maximum absolute atomic E-state index is 12.5. The summed E-state index contributed by atoms with van der Waals surface area (Å²) < 4.78 is 11.0. The summed E-state index contributed by atoms with van der Waals surface area (Å²) in [7, 11) is 0. The van der Waals surface area contributed by atoms with Gasteiger partial charge >= 0.3 is 0 Å². The van der Waals surface area contributed by atoms with Crippen LogP contribution in [0.3, 0.4) is 0 Å². The van der Waals surface area contributed by atoms with Crippen LogP contribution >= 0.6 is 0 Å². The summed E-state index contributed by atoms with van der Waals surface area (Å²) in [6.07, 6.45) is 2.46. The van der Waals surface area contributed by atoms with Crippen molar-refractivity contribution in [2.45, 2.75) is 66.4 Å². The van der Waals surface area contributed by atoms with E-state index in [1.165, 1.54) is 16.7 Å². The number of carbonyl (C=O) groups excluding carboxylic acids is 1. The van der Waals surface area contributed by atoms with Gasteiger partial charge in [0, 0.05) is 11.9 Å². The van der Waals surface area contributed by atoms with Crippen LogP contribution in [-0.2, 0) is 17.6 Å². The summed E-state index contributed by atoms with van der Waals surface area (Å²) in [5.74, 6) is 1.58. The minimum atomic E-state index is -0.951. The molecule has 0 bridgehead atoms. The van der Waals surface area contributed by atoms with E-state index in [9.17, 15) is 9.90 Å². The first-order valence-electron chi connectivity index (χ1n) is 12.7. The Bertz CT molecular complexity index is 1330. The van der Waals surface area contributed by atoms with Crippen LogP contribution in [0.4, 0.5) is 0 Å². The summed E-state index contributed by atoms with van der Waals surface area (Å²) >= 11 is 0. The van der Waals surface area contributed by atoms with E-state index in [2.05, 4.69) is 49.4 Å². The first kappa shape index (κ1) is 25.7. The van der Waals surface area contributed by atoms with Gasteiger partial charge in [-0.1, -0.05) is 41.9 Å². The van der Waals surface area contributed by atoms with Gasteiger partial charge in [-0.3, -0.25) is 4.79 Å². The molecule has 2 aromatic heterocycles. The summed E-state index contributed by atoms with van der Waals surface area (Å²) in [4.78, 5) is 12.5. The van der Waals surface area contributed by atoms with Crippen LogP contribution < -0.4 is 5.32 Å². The molecule has 0 aliphatic carbocycles. The van der Waals surface area contributed by atoms with Crippen LogP contribution in [0.2, 0.25) is 0 Å². The third-order valence-electron chi connectivity index (χ3n) is 6.86. The molecule has 6 nitrogen and oxygen atoms in total. The van der Waals surface area contributed by atoms with Crippen molar-refractivity contribution in [3.05, 3.63) is 87.5 Å². The van der Waals surface area contributed by atoms with E-state index < -0.39 is 6.10 Å². The fourth-order valence-corrected chi connectivity index (χ4v) is 4.86. The third-order valence-corrected chi connectivity index (χ3v) is 6.86. The molecule has 0 aliphatic rings. The normalized spacial score (nSPS) is 13.2. The first-order valence-corrected chi connectivity index (χ1v) is 12.7. The zero-order chi connectivity index (χ0) is 25.8. The maximum atomic E-state index is 12.5. The van der Waals surface area contributed by atoms with Crippen molar-refractivity contribution < 1.29 is 18.8 Å². The van der Waals surface area contributed by atoms with E-state index in [1.54, 1.807) is 13.8 Å². The highest BCUT2D eigenvalue weighted by atomic mass is 16.5. The van der Waals surface area contributed by atoms with Gasteiger partial charge in [0.25, 0.3) is 0 Å². The van der Waals surface area contributed by atoms with Gasteiger partial charge in [-0.25, -0.2) is 0 Å². The van der Waals surface area contributed by atoms with Crippen LogP contribution in [0.1, 0.15) is 70.9 Å². The van der Waals surface area contributed by atoms with Crippen molar-refractivity contribution in [2.24, 2.45) is 5.92 Å². The minimum absolute atomic E-state index is 0.0101. The standard InChI is InChI=1S/C30H36N2O4/c1-18(14-24-10-8-19(2)13-20(24)3)7-6-12-31-28(33)16-23-9-11-26-25(15-23)17-27(35-26)30(34)29-21(4)32-36-22(29)5/h8-11,13,15,17-18,30,34H,6-7,12,14,16H2,1-5H3,(H,31,33). The Morgan fingerprint density at radius 3 is 2.61 bits per heavy atom. The van der Waals surface area contributed by atoms with Crippen molar-refractivity contribution in [2.75, 3.05) is 6.54 Å². The SMILES string of the molecule is Cc1ccc(CC(C)CCCNC(=O)Cc2ccc3oc(C(O)c4c(C)noc4C)cc3c2)c(C)c1. The molecule has 0 fully saturated rings. The lowest BCUT2D eigenvalue weighted by Gasteiger charge is -2.14. The molecule has 6 heteroatoms. The summed E-state index contributed by atoms with van der Waals surface area (Å²) in [6.45, 7) is 10.8. The molecule has 0 radical (unpaired) electrons. The van der Waals surface area contributed by atoms with Crippen molar-refractivity contribution in [3.8, 4) is 0 Å². The average molecular weight is 489 g/mol. The van der Waals surface area contributed by atoms with Crippen LogP contribution in [0, 0.1) is 33.6 Å². The van der Waals surface area contributed by atoms with Gasteiger partial charge < -0.3 is 19.4 Å². The molecule has 2 atom stereocenters. The Morgan fingerprint density at radius 2 is 1.89 bits per heavy atom. The fourth-order valence-electron chi connectivity index (χ4n) is 4.86. The number of rotatable bonds is 10. The zero-order valence-electron chi connectivity index (χ0n) is 21.9. The van der Waals surface area contributed by atoms with E-state index in [4.69, 9.17) is 8.94 Å². The van der Waals surface area contributed by atoms with Crippen molar-refractivity contribution in [1.29, 1.82) is 0 Å². The molecule has 36 heavy (non-hydrogen) atoms. The average Bonchev–Trinajstić information content (AvgIpc) is 3.40. The number of benzene rings is 2. The van der Waals surface area contributed by atoms with Gasteiger partial charge in [0.1, 0.15) is 23.2 Å². The van der Waals surface area contributed by atoms with Crippen LogP contribution in [0.15, 0.2) is 51.4 Å². The van der Waals surface area contributed by atoms with Gasteiger partial charge in [0.05, 0.1) is 17.7 Å². The Kier molecular flexibility index (Phi) is 7.94. The maximum Gasteiger partial charge on any atom is 0.224 e. The quantitative estimate of drug-likeness (QED) is 0.265. The van der Waals surface area contributed by atoms with Crippen LogP contribution in [0.25, 0.3) is 11.0 Å². The van der Waals surface area contributed by atoms with Crippen molar-refractivity contribution in [3.63, 3.8) is 0 Å². The number of aliphatic hydroxyl groups excluding tert-OH is 1. The molecule has 0 saturated heterocycles. The third kappa shape index (κ3) is 6.05. The zero-order valence-corrected chi connectivity index (χ0v) is 21.9. The number of nitrogens with one attached hydrogen (secondary N) is 1. The highest BCUT2D eigenvalue weighted by molar-refractivity contribution is 5.83. The molecule has 2 N–H and O–H groups in total. The van der Waals surface area contributed by atoms with Gasteiger partial charge in [-0.15, -0.1) is 0 Å². The van der Waals surface area contributed by atoms with E-state index in [0.717, 1.165) is 30.2 Å². The largest absolute Gasteiger partial charge is 0.458 e. The lowest BCUT2D eigenvalue weighted by atomic mass is 9.93. The molecule has 2 aromatic carbocycles. The Morgan fingerprint density at radius 1 is 1.08 bits per heavy atom. The number of fused-ring (bicyclic) bond motifs is 1. The summed E-state index contributed by atoms with van der Waals surface area (Å²) in [5, 5.41) is 18.6. The van der Waals surface area contributed by atoms with Crippen LogP contribution in [0.5, 0.6) is 0 Å². The number of amides is 1. The Hall–Kier alpha value is -3.38. The lowest BCUT2D eigenvalue weighted by molar-refractivity contribution is -0.120. The fraction of sp³-hybridized carbons (Fsp3) is 0.400. The minimum Gasteiger partial charge on any atom is -0.458 e. The Balaban J connectivity index is 1.27. The van der Waals surface area contributed by atoms with Gasteiger partial charge in [-0.05, 0) is 87.8 Å². The number of hydrogen-bond donors (Lipinski definition) is 2. The van der Waals surface area contributed by atoms with E-state index in [1.807, 2.05) is 24.3 Å². The molecular formula is C30H36N2O4. The number of carbonyl (C=O) groups is 1. The molecular weight excluding hydrogens is 452 g/mol. The first-order chi connectivity index (χ1) is 17.2. The van der Waals surface area contributed by atoms with Gasteiger partial charge in [0.2, 0.25) is 5.91 Å². The lowest BCUT2D eigenvalue weighted by Crippen LogP contribution is -2.26. The number of aromatic nitrogens is 1. The second kappa shape index (κ2) is 11.1. The molecule has 190 valence electrons. The highest BCUT2D eigenvalue weighted by Crippen LogP contribution is 2.32. The predicted octanol–water partition coefficient (Wildman–Crippen LogP) is 6.05. The molecule has 2 heterocycles. The topological polar surface area (TPSA) is 88.5 Å². The molecule has 4 aromatic rings. The molecule has 0 saturated carbocycles. The van der Waals surface area contributed by atoms with E-state index in [-0.39, 0.29) is 5.91 Å². The smallest absolute Gasteiger partial charge is 0.224 e. The second-order valence-corrected chi connectivity index (χ2v) is 10.1. The second-order valence-electron chi connectivity index (χ2n) is 10.1. The number of nitrogens with zero attached hydrogens (tertiary/aromatic N) is 1. The molecule has 1 amide bonds. The van der Waals surface area contributed by atoms with E-state index in [0.29, 0.717) is 47.2 Å². The molecule has 0 spiro atoms. The summed E-state index contributed by atoms with van der Waals surface area (Å²) in [6, 6.07) is 14.1. The number of aryl methyl sites for hydroxylation is 4. The molecule has 4 rings (SSSR count). The Labute approximate surface area is 212 Å². The monoisotopic (exact) mass is 488 g/mol. The predicted molar refractivity (Wildman–Crippen MR) is 141 cm³/mol. The van der Waals surface area contributed by atoms with Crippen molar-refractivity contribution >= 4 is 16.9 Å². The number of hydrogen-bond acceptors (Lipinski definition) is 5. The molecule has 0 aliphatic heterocycles. The number of aliphatic hydroxyl groups is 1. The van der Waals surface area contributed by atoms with Crippen LogP contribution in [-0.4, -0.2) is 22.7 Å². The number of furan rings is 1. The molecule has 2 unspecified atom stereocenters. The van der Waals surface area contributed by atoms with Gasteiger partial charge in [0.15, 0.2) is 0 Å². The van der Waals surface area contributed by atoms with E-state index >= 15 is 0 Å². The summed E-state index contributed by atoms with van der Waals surface area (Å²) in [5.41, 5.74) is 6.90.